The van der Waals surface area contributed by atoms with Crippen LogP contribution in [0.4, 0.5) is 9.52 Å². The number of aliphatic hydroxyl groups is 1. The van der Waals surface area contributed by atoms with Gasteiger partial charge in [0.05, 0.1) is 11.8 Å². The van der Waals surface area contributed by atoms with Gasteiger partial charge in [0.1, 0.15) is 5.82 Å². The summed E-state index contributed by atoms with van der Waals surface area (Å²) in [5.41, 5.74) is 2.21. The van der Waals surface area contributed by atoms with E-state index in [0.29, 0.717) is 5.13 Å². The van der Waals surface area contributed by atoms with Crippen LogP contribution in [0, 0.1) is 5.82 Å². The van der Waals surface area contributed by atoms with Crippen molar-refractivity contribution < 1.29 is 9.50 Å². The van der Waals surface area contributed by atoms with E-state index >= 15 is 0 Å². The van der Waals surface area contributed by atoms with Crippen LogP contribution in [0.2, 0.25) is 0 Å². The molecule has 3 nitrogen and oxygen atoms in total. The van der Waals surface area contributed by atoms with Crippen LogP contribution in [0.5, 0.6) is 0 Å². The Balaban J connectivity index is 1.65. The molecule has 0 fully saturated rings. The summed E-state index contributed by atoms with van der Waals surface area (Å²) in [7, 11) is 0. The molecule has 2 aromatic carbocycles. The molecule has 3 rings (SSSR count). The van der Waals surface area contributed by atoms with Crippen LogP contribution < -0.4 is 5.32 Å². The van der Waals surface area contributed by atoms with E-state index < -0.39 is 11.9 Å². The highest BCUT2D eigenvalue weighted by molar-refractivity contribution is 7.14. The van der Waals surface area contributed by atoms with Gasteiger partial charge >= 0.3 is 0 Å². The molecule has 0 aliphatic carbocycles. The first-order chi connectivity index (χ1) is 10.7. The Hall–Kier alpha value is -2.24. The Morgan fingerprint density at radius 1 is 1.09 bits per heavy atom. The predicted molar refractivity (Wildman–Crippen MR) is 87.4 cm³/mol. The number of nitrogens with zero attached hydrogens (tertiary/aromatic N) is 1. The number of aromatic nitrogens is 1. The molecule has 0 radical (unpaired) electrons. The Kier molecular flexibility index (Phi) is 4.46. The van der Waals surface area contributed by atoms with Gasteiger partial charge in [-0.2, -0.15) is 0 Å². The van der Waals surface area contributed by atoms with E-state index in [9.17, 15) is 9.50 Å². The molecule has 0 saturated heterocycles. The van der Waals surface area contributed by atoms with Crippen molar-refractivity contribution in [3.8, 4) is 11.3 Å². The van der Waals surface area contributed by atoms with E-state index in [1.54, 1.807) is 18.2 Å². The highest BCUT2D eigenvalue weighted by atomic mass is 32.1. The van der Waals surface area contributed by atoms with Gasteiger partial charge < -0.3 is 10.4 Å². The number of nitrogens with one attached hydrogen (secondary N) is 1. The monoisotopic (exact) mass is 314 g/mol. The van der Waals surface area contributed by atoms with Crippen molar-refractivity contribution in [2.75, 3.05) is 11.9 Å². The van der Waals surface area contributed by atoms with Crippen LogP contribution in [-0.2, 0) is 0 Å². The molecule has 112 valence electrons. The van der Waals surface area contributed by atoms with Gasteiger partial charge in [0.15, 0.2) is 5.13 Å². The lowest BCUT2D eigenvalue weighted by molar-refractivity contribution is 0.186. The molecule has 0 aliphatic rings. The lowest BCUT2D eigenvalue weighted by atomic mass is 10.1. The third-order valence-corrected chi connectivity index (χ3v) is 4.08. The average molecular weight is 314 g/mol. The molecule has 0 saturated carbocycles. The summed E-state index contributed by atoms with van der Waals surface area (Å²) >= 11 is 1.46. The first-order valence-electron chi connectivity index (χ1n) is 6.91. The Morgan fingerprint density at radius 2 is 1.82 bits per heavy atom. The second-order valence-electron chi connectivity index (χ2n) is 4.82. The number of rotatable bonds is 5. The van der Waals surface area contributed by atoms with Crippen molar-refractivity contribution in [3.05, 3.63) is 71.4 Å². The number of thiazole rings is 1. The summed E-state index contributed by atoms with van der Waals surface area (Å²) in [6, 6.07) is 16.1. The molecule has 0 amide bonds. The summed E-state index contributed by atoms with van der Waals surface area (Å²) in [6.07, 6.45) is -0.912. The Morgan fingerprint density at radius 3 is 2.59 bits per heavy atom. The number of halogens is 1. The molecule has 0 aliphatic heterocycles. The van der Waals surface area contributed by atoms with Gasteiger partial charge in [-0.15, -0.1) is 11.3 Å². The maximum Gasteiger partial charge on any atom is 0.183 e. The summed E-state index contributed by atoms with van der Waals surface area (Å²) in [4.78, 5) is 4.47. The number of anilines is 1. The van der Waals surface area contributed by atoms with Gasteiger partial charge in [-0.25, -0.2) is 9.37 Å². The quantitative estimate of drug-likeness (QED) is 0.745. The zero-order valence-corrected chi connectivity index (χ0v) is 12.6. The molecular weight excluding hydrogens is 299 g/mol. The second-order valence-corrected chi connectivity index (χ2v) is 5.68. The lowest BCUT2D eigenvalue weighted by Gasteiger charge is -2.12. The second kappa shape index (κ2) is 6.68. The van der Waals surface area contributed by atoms with Crippen molar-refractivity contribution in [3.63, 3.8) is 0 Å². The van der Waals surface area contributed by atoms with E-state index in [0.717, 1.165) is 11.3 Å². The van der Waals surface area contributed by atoms with E-state index in [2.05, 4.69) is 10.3 Å². The van der Waals surface area contributed by atoms with Gasteiger partial charge in [0, 0.05) is 23.1 Å². The number of benzene rings is 2. The molecule has 0 spiro atoms. The minimum absolute atomic E-state index is 0.211. The SMILES string of the molecule is OC(CNc1nc(-c2ccccc2)cs1)c1ccccc1F. The molecule has 1 aromatic heterocycles. The van der Waals surface area contributed by atoms with E-state index in [-0.39, 0.29) is 12.1 Å². The molecule has 1 atom stereocenters. The Labute approximate surface area is 132 Å². The van der Waals surface area contributed by atoms with Gasteiger partial charge in [-0.1, -0.05) is 48.5 Å². The minimum atomic E-state index is -0.912. The zero-order chi connectivity index (χ0) is 15.4. The van der Waals surface area contributed by atoms with Crippen molar-refractivity contribution in [2.24, 2.45) is 0 Å². The highest BCUT2D eigenvalue weighted by Gasteiger charge is 2.12. The zero-order valence-electron chi connectivity index (χ0n) is 11.7. The highest BCUT2D eigenvalue weighted by Crippen LogP contribution is 2.25. The van der Waals surface area contributed by atoms with Gasteiger partial charge in [-0.3, -0.25) is 0 Å². The summed E-state index contributed by atoms with van der Waals surface area (Å²) in [5, 5.41) is 15.8. The third-order valence-electron chi connectivity index (χ3n) is 3.28. The van der Waals surface area contributed by atoms with Crippen LogP contribution in [-0.4, -0.2) is 16.6 Å². The molecule has 0 bridgehead atoms. The van der Waals surface area contributed by atoms with Crippen molar-refractivity contribution >= 4 is 16.5 Å². The standard InChI is InChI=1S/C17H15FN2OS/c18-14-9-5-4-8-13(14)16(21)10-19-17-20-15(11-22-17)12-6-2-1-3-7-12/h1-9,11,16,21H,10H2,(H,19,20). The largest absolute Gasteiger partial charge is 0.386 e. The van der Waals surface area contributed by atoms with Crippen LogP contribution in [0.1, 0.15) is 11.7 Å². The molecule has 22 heavy (non-hydrogen) atoms. The predicted octanol–water partition coefficient (Wildman–Crippen LogP) is 4.09. The van der Waals surface area contributed by atoms with Gasteiger partial charge in [0.25, 0.3) is 0 Å². The fraction of sp³-hybridized carbons (Fsp3) is 0.118. The smallest absolute Gasteiger partial charge is 0.183 e. The molecule has 1 unspecified atom stereocenters. The normalized spacial score (nSPS) is 12.1. The molecule has 5 heteroatoms. The van der Waals surface area contributed by atoms with Crippen molar-refractivity contribution in [2.45, 2.75) is 6.10 Å². The maximum absolute atomic E-state index is 13.6. The fourth-order valence-electron chi connectivity index (χ4n) is 2.14. The first kappa shape index (κ1) is 14.7. The molecular formula is C17H15FN2OS. The fourth-order valence-corrected chi connectivity index (χ4v) is 2.87. The van der Waals surface area contributed by atoms with Crippen LogP contribution in [0.15, 0.2) is 60.0 Å². The molecule has 3 aromatic rings. The number of aliphatic hydroxyl groups excluding tert-OH is 1. The van der Waals surface area contributed by atoms with E-state index in [4.69, 9.17) is 0 Å². The van der Waals surface area contributed by atoms with Crippen LogP contribution in [0.25, 0.3) is 11.3 Å². The number of hydrogen-bond donors (Lipinski definition) is 2. The van der Waals surface area contributed by atoms with Crippen molar-refractivity contribution in [1.29, 1.82) is 0 Å². The van der Waals surface area contributed by atoms with Crippen molar-refractivity contribution in [1.82, 2.24) is 4.98 Å². The summed E-state index contributed by atoms with van der Waals surface area (Å²) in [5.74, 6) is -0.402. The van der Waals surface area contributed by atoms with E-state index in [1.165, 1.54) is 17.4 Å². The Bertz CT molecular complexity index is 745. The van der Waals surface area contributed by atoms with Gasteiger partial charge in [0.2, 0.25) is 0 Å². The van der Waals surface area contributed by atoms with Gasteiger partial charge in [-0.05, 0) is 6.07 Å². The first-order valence-corrected chi connectivity index (χ1v) is 7.79. The van der Waals surface area contributed by atoms with Crippen LogP contribution >= 0.6 is 11.3 Å². The molecule has 1 heterocycles. The van der Waals surface area contributed by atoms with Crippen LogP contribution in [0.3, 0.4) is 0 Å². The summed E-state index contributed by atoms with van der Waals surface area (Å²) < 4.78 is 13.6. The number of hydrogen-bond acceptors (Lipinski definition) is 4. The lowest BCUT2D eigenvalue weighted by Crippen LogP contribution is -2.13. The average Bonchev–Trinajstić information content (AvgIpc) is 3.03. The third kappa shape index (κ3) is 3.32. The minimum Gasteiger partial charge on any atom is -0.386 e. The molecule has 2 N–H and O–H groups in total. The summed E-state index contributed by atoms with van der Waals surface area (Å²) in [6.45, 7) is 0.211. The maximum atomic E-state index is 13.6. The van der Waals surface area contributed by atoms with E-state index in [1.807, 2.05) is 35.7 Å². The topological polar surface area (TPSA) is 45.1 Å².